The minimum atomic E-state index is -0.278. The normalized spacial score (nSPS) is 10.3. The molecule has 2 aromatic carbocycles. The highest BCUT2D eigenvalue weighted by atomic mass is 35.5. The Hall–Kier alpha value is -3.39. The Morgan fingerprint density at radius 3 is 2.23 bits per heavy atom. The fourth-order valence-electron chi connectivity index (χ4n) is 3.01. The monoisotopic (exact) mass is 429 g/mol. The molecular formula is C21H24ClN5O3. The molecule has 0 aliphatic rings. The fraction of sp³-hybridized carbons (Fsp3) is 0.238. The number of hydrogen-bond donors (Lipinski definition) is 2. The van der Waals surface area contributed by atoms with Crippen molar-refractivity contribution in [3.8, 4) is 11.4 Å². The van der Waals surface area contributed by atoms with Crippen LogP contribution < -0.4 is 11.4 Å². The van der Waals surface area contributed by atoms with Crippen LogP contribution in [0.5, 0.6) is 0 Å². The molecule has 30 heavy (non-hydrogen) atoms. The zero-order valence-corrected chi connectivity index (χ0v) is 17.6. The molecule has 0 bridgehead atoms. The Morgan fingerprint density at radius 2 is 1.70 bits per heavy atom. The maximum atomic E-state index is 13.0. The van der Waals surface area contributed by atoms with E-state index in [0.717, 1.165) is 5.56 Å². The zero-order chi connectivity index (χ0) is 21.0. The summed E-state index contributed by atoms with van der Waals surface area (Å²) in [5.41, 5.74) is 8.08. The molecule has 0 aliphatic heterocycles. The average molecular weight is 430 g/mol. The van der Waals surface area contributed by atoms with Crippen molar-refractivity contribution in [2.45, 2.75) is 26.2 Å². The van der Waals surface area contributed by atoms with E-state index in [4.69, 9.17) is 11.1 Å². The molecule has 0 fully saturated rings. The predicted molar refractivity (Wildman–Crippen MR) is 117 cm³/mol. The standard InChI is InChI=1S/C21H23N5O3.ClH/c1-3-18-24-26(17-11-7-15(8-12-17)20(22)23)21(28)25(18)16-9-4-14(5-10-16)6-13-19(27)29-2;/h4-5,7-12H,3,6,13H2,1-2H3,(H3,22,23);1H. The Labute approximate surface area is 180 Å². The number of rotatable bonds is 7. The Morgan fingerprint density at radius 1 is 1.10 bits per heavy atom. The third kappa shape index (κ3) is 4.77. The van der Waals surface area contributed by atoms with Crippen molar-refractivity contribution in [1.29, 1.82) is 5.41 Å². The second-order valence-electron chi connectivity index (χ2n) is 6.50. The number of halogens is 1. The lowest BCUT2D eigenvalue weighted by atomic mass is 10.1. The topological polar surface area (TPSA) is 116 Å². The molecule has 1 aromatic heterocycles. The summed E-state index contributed by atoms with van der Waals surface area (Å²) in [6, 6.07) is 14.3. The highest BCUT2D eigenvalue weighted by molar-refractivity contribution is 5.95. The van der Waals surface area contributed by atoms with Gasteiger partial charge in [-0.25, -0.2) is 9.36 Å². The summed E-state index contributed by atoms with van der Waals surface area (Å²) in [6.45, 7) is 1.94. The summed E-state index contributed by atoms with van der Waals surface area (Å²) in [7, 11) is 1.37. The minimum Gasteiger partial charge on any atom is -0.469 e. The molecule has 1 heterocycles. The molecule has 9 heteroatoms. The van der Waals surface area contributed by atoms with E-state index >= 15 is 0 Å². The summed E-state index contributed by atoms with van der Waals surface area (Å²) in [5.74, 6) is 0.347. The smallest absolute Gasteiger partial charge is 0.355 e. The first-order valence-corrected chi connectivity index (χ1v) is 9.26. The molecule has 3 aromatic rings. The van der Waals surface area contributed by atoms with Crippen LogP contribution in [0.2, 0.25) is 0 Å². The number of benzene rings is 2. The molecule has 0 aliphatic carbocycles. The van der Waals surface area contributed by atoms with Crippen LogP contribution in [0, 0.1) is 5.41 Å². The van der Waals surface area contributed by atoms with E-state index in [1.165, 1.54) is 11.8 Å². The van der Waals surface area contributed by atoms with E-state index < -0.39 is 0 Å². The lowest BCUT2D eigenvalue weighted by molar-refractivity contribution is -0.140. The number of nitrogen functional groups attached to an aromatic ring is 1. The van der Waals surface area contributed by atoms with Gasteiger partial charge in [-0.3, -0.25) is 10.2 Å². The number of nitrogens with two attached hydrogens (primary N) is 1. The van der Waals surface area contributed by atoms with E-state index in [1.807, 2.05) is 31.2 Å². The van der Waals surface area contributed by atoms with Gasteiger partial charge < -0.3 is 10.5 Å². The first-order valence-electron chi connectivity index (χ1n) is 9.26. The molecule has 158 valence electrons. The van der Waals surface area contributed by atoms with Gasteiger partial charge in [0, 0.05) is 18.4 Å². The predicted octanol–water partition coefficient (Wildman–Crippen LogP) is 2.40. The van der Waals surface area contributed by atoms with Crippen LogP contribution in [0.4, 0.5) is 0 Å². The lowest BCUT2D eigenvalue weighted by Crippen LogP contribution is -2.23. The molecule has 0 spiro atoms. The van der Waals surface area contributed by atoms with E-state index in [0.29, 0.717) is 42.0 Å². The van der Waals surface area contributed by atoms with Gasteiger partial charge in [-0.15, -0.1) is 17.5 Å². The summed E-state index contributed by atoms with van der Waals surface area (Å²) < 4.78 is 7.58. The van der Waals surface area contributed by atoms with Crippen molar-refractivity contribution in [2.24, 2.45) is 5.73 Å². The number of ether oxygens (including phenoxy) is 1. The number of methoxy groups -OCH3 is 1. The molecule has 8 nitrogen and oxygen atoms in total. The number of nitrogens with one attached hydrogen (secondary N) is 1. The van der Waals surface area contributed by atoms with Crippen LogP contribution in [-0.4, -0.2) is 33.3 Å². The SMILES string of the molecule is CCc1nn(-c2ccc(C(=N)N)cc2)c(=O)n1-c1ccc(CCC(=O)OC)cc1.Cl. The van der Waals surface area contributed by atoms with E-state index in [-0.39, 0.29) is 29.9 Å². The number of nitrogens with zero attached hydrogens (tertiary/aromatic N) is 3. The van der Waals surface area contributed by atoms with Gasteiger partial charge in [0.25, 0.3) is 0 Å². The Kier molecular flexibility index (Phi) is 7.54. The number of aryl methyl sites for hydroxylation is 2. The van der Waals surface area contributed by atoms with Gasteiger partial charge in [0.05, 0.1) is 18.5 Å². The van der Waals surface area contributed by atoms with Gasteiger partial charge in [0.15, 0.2) is 0 Å². The minimum absolute atomic E-state index is 0. The largest absolute Gasteiger partial charge is 0.469 e. The number of hydrogen-bond acceptors (Lipinski definition) is 5. The van der Waals surface area contributed by atoms with Crippen LogP contribution in [0.15, 0.2) is 53.3 Å². The van der Waals surface area contributed by atoms with Crippen molar-refractivity contribution in [3.05, 3.63) is 76.0 Å². The van der Waals surface area contributed by atoms with Crippen LogP contribution in [0.1, 0.15) is 30.3 Å². The Balaban J connectivity index is 0.00000320. The summed E-state index contributed by atoms with van der Waals surface area (Å²) in [5, 5.41) is 11.9. The molecule has 0 radical (unpaired) electrons. The van der Waals surface area contributed by atoms with Crippen molar-refractivity contribution >= 4 is 24.2 Å². The average Bonchev–Trinajstić information content (AvgIpc) is 3.08. The summed E-state index contributed by atoms with van der Waals surface area (Å²) in [6.07, 6.45) is 1.46. The fourth-order valence-corrected chi connectivity index (χ4v) is 3.01. The number of esters is 1. The second-order valence-corrected chi connectivity index (χ2v) is 6.50. The third-order valence-electron chi connectivity index (χ3n) is 4.63. The molecular weight excluding hydrogens is 406 g/mol. The number of carbonyl (C=O) groups excluding carboxylic acids is 1. The van der Waals surface area contributed by atoms with Crippen LogP contribution in [0.25, 0.3) is 11.4 Å². The zero-order valence-electron chi connectivity index (χ0n) is 16.8. The Bertz CT molecular complexity index is 1090. The van der Waals surface area contributed by atoms with Gasteiger partial charge in [-0.05, 0) is 48.4 Å². The van der Waals surface area contributed by atoms with Gasteiger partial charge in [-0.1, -0.05) is 19.1 Å². The van der Waals surface area contributed by atoms with Crippen LogP contribution in [-0.2, 0) is 22.4 Å². The van der Waals surface area contributed by atoms with Gasteiger partial charge in [0.2, 0.25) is 0 Å². The second kappa shape index (κ2) is 9.89. The van der Waals surface area contributed by atoms with Crippen molar-refractivity contribution < 1.29 is 9.53 Å². The van der Waals surface area contributed by atoms with Gasteiger partial charge in [0.1, 0.15) is 11.7 Å². The van der Waals surface area contributed by atoms with Gasteiger partial charge in [-0.2, -0.15) is 4.68 Å². The number of amidine groups is 1. The van der Waals surface area contributed by atoms with Crippen LogP contribution >= 0.6 is 12.4 Å². The first kappa shape index (κ1) is 22.9. The molecule has 3 rings (SSSR count). The third-order valence-corrected chi connectivity index (χ3v) is 4.63. The summed E-state index contributed by atoms with van der Waals surface area (Å²) in [4.78, 5) is 24.3. The molecule has 0 saturated carbocycles. The van der Waals surface area contributed by atoms with Crippen molar-refractivity contribution in [1.82, 2.24) is 14.3 Å². The highest BCUT2D eigenvalue weighted by Crippen LogP contribution is 2.14. The number of carbonyl (C=O) groups is 1. The molecule has 0 saturated heterocycles. The molecule has 0 atom stereocenters. The number of aromatic nitrogens is 3. The molecule has 0 amide bonds. The van der Waals surface area contributed by atoms with Crippen molar-refractivity contribution in [2.75, 3.05) is 7.11 Å². The maximum absolute atomic E-state index is 13.0. The quantitative estimate of drug-likeness (QED) is 0.340. The molecule has 3 N–H and O–H groups in total. The van der Waals surface area contributed by atoms with Gasteiger partial charge >= 0.3 is 11.7 Å². The maximum Gasteiger partial charge on any atom is 0.355 e. The summed E-state index contributed by atoms with van der Waals surface area (Å²) >= 11 is 0. The van der Waals surface area contributed by atoms with E-state index in [2.05, 4.69) is 9.84 Å². The first-order chi connectivity index (χ1) is 13.9. The van der Waals surface area contributed by atoms with E-state index in [9.17, 15) is 9.59 Å². The lowest BCUT2D eigenvalue weighted by Gasteiger charge is -2.06. The molecule has 0 unspecified atom stereocenters. The highest BCUT2D eigenvalue weighted by Gasteiger charge is 2.15. The van der Waals surface area contributed by atoms with E-state index in [1.54, 1.807) is 28.8 Å². The van der Waals surface area contributed by atoms with Crippen molar-refractivity contribution in [3.63, 3.8) is 0 Å². The van der Waals surface area contributed by atoms with Crippen LogP contribution in [0.3, 0.4) is 0 Å².